The quantitative estimate of drug-likeness (QED) is 0.573. The summed E-state index contributed by atoms with van der Waals surface area (Å²) in [5, 5.41) is 0. The molecular weight excluding hydrogens is 268 g/mol. The fraction of sp³-hybridized carbons (Fsp3) is 0.571. The minimum absolute atomic E-state index is 0.0196. The van der Waals surface area contributed by atoms with Crippen molar-refractivity contribution in [1.29, 1.82) is 0 Å². The Morgan fingerprint density at radius 1 is 1.27 bits per heavy atom. The second kappa shape index (κ2) is 4.34. The van der Waals surface area contributed by atoms with Crippen molar-refractivity contribution in [3.8, 4) is 0 Å². The molecule has 0 aromatic rings. The van der Waals surface area contributed by atoms with Gasteiger partial charge < -0.3 is 0 Å². The van der Waals surface area contributed by atoms with Gasteiger partial charge in [-0.25, -0.2) is 0 Å². The SMILES string of the molecule is C=C1CC2C(CCC3(C)C(C)=CCC23)C2(C)C=CC(=O)C=C12. The highest BCUT2D eigenvalue weighted by molar-refractivity contribution is 6.01. The first-order valence-electron chi connectivity index (χ1n) is 8.67. The van der Waals surface area contributed by atoms with Crippen molar-refractivity contribution < 1.29 is 4.79 Å². The van der Waals surface area contributed by atoms with Crippen LogP contribution < -0.4 is 0 Å². The molecule has 0 radical (unpaired) electrons. The summed E-state index contributed by atoms with van der Waals surface area (Å²) >= 11 is 0. The molecular formula is C21H26O. The predicted molar refractivity (Wildman–Crippen MR) is 90.3 cm³/mol. The van der Waals surface area contributed by atoms with E-state index in [1.807, 2.05) is 6.08 Å². The van der Waals surface area contributed by atoms with Gasteiger partial charge in [0.05, 0.1) is 0 Å². The molecule has 0 spiro atoms. The maximum atomic E-state index is 11.8. The van der Waals surface area contributed by atoms with Crippen LogP contribution in [0.4, 0.5) is 0 Å². The Labute approximate surface area is 133 Å². The fourth-order valence-electron chi connectivity index (χ4n) is 5.99. The number of rotatable bonds is 0. The van der Waals surface area contributed by atoms with Gasteiger partial charge in [0.1, 0.15) is 0 Å². The second-order valence-corrected chi connectivity index (χ2v) is 8.34. The average molecular weight is 294 g/mol. The van der Waals surface area contributed by atoms with E-state index in [0.717, 1.165) is 12.3 Å². The number of hydrogen-bond donors (Lipinski definition) is 0. The fourth-order valence-corrected chi connectivity index (χ4v) is 5.99. The molecule has 4 rings (SSSR count). The third-order valence-electron chi connectivity index (χ3n) is 7.50. The summed E-state index contributed by atoms with van der Waals surface area (Å²) < 4.78 is 0. The highest BCUT2D eigenvalue weighted by atomic mass is 16.1. The van der Waals surface area contributed by atoms with Crippen molar-refractivity contribution in [2.45, 2.75) is 46.5 Å². The molecule has 0 aliphatic heterocycles. The van der Waals surface area contributed by atoms with Crippen LogP contribution in [0.5, 0.6) is 0 Å². The van der Waals surface area contributed by atoms with Crippen LogP contribution in [0, 0.1) is 28.6 Å². The Balaban J connectivity index is 1.77. The van der Waals surface area contributed by atoms with E-state index in [1.54, 1.807) is 11.6 Å². The molecule has 2 saturated carbocycles. The van der Waals surface area contributed by atoms with E-state index in [2.05, 4.69) is 39.5 Å². The molecule has 0 aromatic carbocycles. The normalized spacial score (nSPS) is 46.6. The monoisotopic (exact) mass is 294 g/mol. The van der Waals surface area contributed by atoms with Crippen LogP contribution in [0.3, 0.4) is 0 Å². The molecule has 1 nitrogen and oxygen atoms in total. The number of hydrogen-bond acceptors (Lipinski definition) is 1. The molecule has 2 fully saturated rings. The van der Waals surface area contributed by atoms with E-state index >= 15 is 0 Å². The van der Waals surface area contributed by atoms with Crippen LogP contribution in [0.25, 0.3) is 0 Å². The van der Waals surface area contributed by atoms with Gasteiger partial charge in [0.25, 0.3) is 0 Å². The highest BCUT2D eigenvalue weighted by Gasteiger charge is 2.56. The summed E-state index contributed by atoms with van der Waals surface area (Å²) in [6, 6.07) is 0. The number of allylic oxidation sites excluding steroid dienone is 7. The maximum absolute atomic E-state index is 11.8. The lowest BCUT2D eigenvalue weighted by Crippen LogP contribution is -2.49. The number of fused-ring (bicyclic) bond motifs is 5. The average Bonchev–Trinajstić information content (AvgIpc) is 2.77. The van der Waals surface area contributed by atoms with E-state index in [0.29, 0.717) is 17.3 Å². The lowest BCUT2D eigenvalue weighted by Gasteiger charge is -2.57. The summed E-state index contributed by atoms with van der Waals surface area (Å²) in [5.41, 5.74) is 4.43. The molecule has 5 unspecified atom stereocenters. The molecule has 0 N–H and O–H groups in total. The first-order valence-corrected chi connectivity index (χ1v) is 8.67. The minimum atomic E-state index is 0.0196. The van der Waals surface area contributed by atoms with Crippen molar-refractivity contribution in [3.05, 3.63) is 47.6 Å². The number of carbonyl (C=O) groups excluding carboxylic acids is 1. The van der Waals surface area contributed by atoms with Crippen molar-refractivity contribution in [2.75, 3.05) is 0 Å². The molecule has 0 amide bonds. The van der Waals surface area contributed by atoms with Gasteiger partial charge in [0.2, 0.25) is 0 Å². The van der Waals surface area contributed by atoms with Crippen molar-refractivity contribution >= 4 is 5.78 Å². The van der Waals surface area contributed by atoms with Gasteiger partial charge in [-0.15, -0.1) is 0 Å². The van der Waals surface area contributed by atoms with Gasteiger partial charge >= 0.3 is 0 Å². The molecule has 0 bridgehead atoms. The Bertz CT molecular complexity index is 661. The van der Waals surface area contributed by atoms with Gasteiger partial charge in [-0.2, -0.15) is 0 Å². The van der Waals surface area contributed by atoms with Crippen molar-refractivity contribution in [2.24, 2.45) is 28.6 Å². The van der Waals surface area contributed by atoms with E-state index in [4.69, 9.17) is 0 Å². The molecule has 0 aromatic heterocycles. The van der Waals surface area contributed by atoms with Gasteiger partial charge in [0.15, 0.2) is 5.78 Å². The van der Waals surface area contributed by atoms with E-state index in [9.17, 15) is 4.79 Å². The van der Waals surface area contributed by atoms with Crippen LogP contribution in [0.2, 0.25) is 0 Å². The summed E-state index contributed by atoms with van der Waals surface area (Å²) in [6.45, 7) is 11.5. The number of ketones is 1. The van der Waals surface area contributed by atoms with Crippen LogP contribution in [0.15, 0.2) is 47.6 Å². The van der Waals surface area contributed by atoms with Crippen LogP contribution in [-0.2, 0) is 4.79 Å². The van der Waals surface area contributed by atoms with Crippen LogP contribution >= 0.6 is 0 Å². The summed E-state index contributed by atoms with van der Waals surface area (Å²) in [5.74, 6) is 2.25. The summed E-state index contributed by atoms with van der Waals surface area (Å²) in [7, 11) is 0. The van der Waals surface area contributed by atoms with Gasteiger partial charge in [-0.05, 0) is 73.5 Å². The topological polar surface area (TPSA) is 17.1 Å². The van der Waals surface area contributed by atoms with Gasteiger partial charge in [-0.1, -0.05) is 43.7 Å². The lowest BCUT2D eigenvalue weighted by molar-refractivity contribution is -0.110. The molecule has 22 heavy (non-hydrogen) atoms. The molecule has 0 heterocycles. The third-order valence-corrected chi connectivity index (χ3v) is 7.50. The molecule has 4 aliphatic rings. The second-order valence-electron chi connectivity index (χ2n) is 8.34. The zero-order valence-corrected chi connectivity index (χ0v) is 14.0. The summed E-state index contributed by atoms with van der Waals surface area (Å²) in [4.78, 5) is 11.8. The zero-order chi connectivity index (χ0) is 15.7. The Morgan fingerprint density at radius 2 is 2.05 bits per heavy atom. The molecule has 5 atom stereocenters. The van der Waals surface area contributed by atoms with Crippen molar-refractivity contribution in [3.63, 3.8) is 0 Å². The number of carbonyl (C=O) groups is 1. The molecule has 116 valence electrons. The maximum Gasteiger partial charge on any atom is 0.178 e. The standard InChI is InChI=1S/C21H26O/c1-13-11-16-17-6-5-14(2)20(17,3)10-8-18(16)21(4)9-7-15(22)12-19(13)21/h5,7,9,12,16-18H,1,6,8,10-11H2,2-4H3. The largest absolute Gasteiger partial charge is 0.290 e. The molecule has 0 saturated heterocycles. The minimum Gasteiger partial charge on any atom is -0.290 e. The molecule has 1 heteroatoms. The first-order chi connectivity index (χ1) is 10.4. The van der Waals surface area contributed by atoms with E-state index < -0.39 is 0 Å². The van der Waals surface area contributed by atoms with E-state index in [-0.39, 0.29) is 11.2 Å². The Hall–Kier alpha value is -1.37. The Kier molecular flexibility index (Phi) is 2.81. The van der Waals surface area contributed by atoms with Crippen LogP contribution in [-0.4, -0.2) is 5.78 Å². The molecule has 4 aliphatic carbocycles. The first kappa shape index (κ1) is 14.2. The lowest BCUT2D eigenvalue weighted by atomic mass is 9.47. The van der Waals surface area contributed by atoms with Crippen LogP contribution in [0.1, 0.15) is 46.5 Å². The predicted octanol–water partition coefficient (Wildman–Crippen LogP) is 5.02. The van der Waals surface area contributed by atoms with E-state index in [1.165, 1.54) is 30.4 Å². The van der Waals surface area contributed by atoms with Gasteiger partial charge in [0, 0.05) is 5.41 Å². The highest BCUT2D eigenvalue weighted by Crippen LogP contribution is 2.65. The third kappa shape index (κ3) is 1.63. The summed E-state index contributed by atoms with van der Waals surface area (Å²) in [6.07, 6.45) is 13.2. The smallest absolute Gasteiger partial charge is 0.178 e. The zero-order valence-electron chi connectivity index (χ0n) is 14.0. The van der Waals surface area contributed by atoms with Gasteiger partial charge in [-0.3, -0.25) is 4.79 Å². The van der Waals surface area contributed by atoms with Crippen molar-refractivity contribution in [1.82, 2.24) is 0 Å². The Morgan fingerprint density at radius 3 is 2.82 bits per heavy atom.